The second-order valence-electron chi connectivity index (χ2n) is 8.69. The Kier molecular flexibility index (Phi) is 5.67. The number of fused-ring (bicyclic) bond motifs is 1. The Labute approximate surface area is 201 Å². The van der Waals surface area contributed by atoms with Gasteiger partial charge in [0, 0.05) is 16.8 Å². The van der Waals surface area contributed by atoms with Gasteiger partial charge in [-0.15, -0.1) is 0 Å². The van der Waals surface area contributed by atoms with Crippen molar-refractivity contribution >= 4 is 22.8 Å². The number of aromatic nitrogens is 4. The highest BCUT2D eigenvalue weighted by Crippen LogP contribution is 2.31. The van der Waals surface area contributed by atoms with Gasteiger partial charge in [0.25, 0.3) is 0 Å². The lowest BCUT2D eigenvalue weighted by atomic mass is 9.85. The molecule has 5 rings (SSSR count). The van der Waals surface area contributed by atoms with Crippen LogP contribution in [0.4, 0.5) is 10.2 Å². The normalized spacial score (nSPS) is 14.9. The van der Waals surface area contributed by atoms with E-state index in [0.29, 0.717) is 46.6 Å². The number of benzene rings is 2. The lowest BCUT2D eigenvalue weighted by molar-refractivity contribution is 0.0610. The van der Waals surface area contributed by atoms with E-state index in [-0.39, 0.29) is 17.5 Å². The molecule has 0 unspecified atom stereocenters. The maximum atomic E-state index is 14.1. The Morgan fingerprint density at radius 3 is 2.57 bits per heavy atom. The molecule has 2 heterocycles. The first kappa shape index (κ1) is 22.5. The molecule has 4 aromatic rings. The first-order valence-electron chi connectivity index (χ1n) is 11.4. The standard InChI is InChI=1S/C26H24FN7O/c27-18-8-4-7-17(14-18)24-33-21-23(30)31-20(10-13-26(35)11-2-1-3-12-26)32-25(21)34(24)19-9-5-6-16(15-19)22(28)29/h4-9,14-15,35H,1-3,11-12H2,(H3,28,29)(H2,30,31,32). The fourth-order valence-electron chi connectivity index (χ4n) is 4.35. The number of hydrogen-bond donors (Lipinski definition) is 4. The van der Waals surface area contributed by atoms with E-state index in [9.17, 15) is 9.50 Å². The van der Waals surface area contributed by atoms with Crippen LogP contribution in [0.1, 0.15) is 43.5 Å². The molecule has 0 saturated heterocycles. The van der Waals surface area contributed by atoms with E-state index in [1.165, 1.54) is 12.1 Å². The topological polar surface area (TPSA) is 140 Å². The molecule has 0 aliphatic heterocycles. The van der Waals surface area contributed by atoms with Crippen LogP contribution in [0.2, 0.25) is 0 Å². The van der Waals surface area contributed by atoms with Gasteiger partial charge in [0.2, 0.25) is 5.82 Å². The Bertz CT molecular complexity index is 1510. The van der Waals surface area contributed by atoms with Crippen LogP contribution < -0.4 is 11.5 Å². The summed E-state index contributed by atoms with van der Waals surface area (Å²) in [6.45, 7) is 0. The van der Waals surface area contributed by atoms with Crippen LogP contribution in [0.15, 0.2) is 48.5 Å². The van der Waals surface area contributed by atoms with Crippen molar-refractivity contribution in [2.24, 2.45) is 5.73 Å². The SMILES string of the molecule is N=C(N)c1cccc(-n2c(-c3cccc(F)c3)nc3c(N)nc(C#CC4(O)CCCCC4)nc32)c1. The van der Waals surface area contributed by atoms with Crippen molar-refractivity contribution in [2.45, 2.75) is 37.7 Å². The molecular formula is C26H24FN7O. The predicted molar refractivity (Wildman–Crippen MR) is 132 cm³/mol. The number of amidine groups is 1. The zero-order valence-corrected chi connectivity index (χ0v) is 18.9. The third-order valence-electron chi connectivity index (χ3n) is 6.12. The summed E-state index contributed by atoms with van der Waals surface area (Å²) in [6.07, 6.45) is 4.14. The number of aliphatic hydroxyl groups is 1. The predicted octanol–water partition coefficient (Wildman–Crippen LogP) is 3.53. The molecule has 176 valence electrons. The number of imidazole rings is 1. The molecule has 1 saturated carbocycles. The molecule has 0 atom stereocenters. The van der Waals surface area contributed by atoms with Crippen LogP contribution >= 0.6 is 0 Å². The van der Waals surface area contributed by atoms with Crippen LogP contribution in [-0.4, -0.2) is 36.1 Å². The summed E-state index contributed by atoms with van der Waals surface area (Å²) in [5.41, 5.74) is 13.3. The van der Waals surface area contributed by atoms with Crippen LogP contribution in [-0.2, 0) is 0 Å². The first-order valence-corrected chi connectivity index (χ1v) is 11.4. The highest BCUT2D eigenvalue weighted by atomic mass is 19.1. The molecule has 1 aliphatic rings. The van der Waals surface area contributed by atoms with Gasteiger partial charge >= 0.3 is 0 Å². The van der Waals surface area contributed by atoms with Gasteiger partial charge in [-0.05, 0) is 55.9 Å². The molecule has 0 spiro atoms. The number of nitrogens with one attached hydrogen (secondary N) is 1. The number of halogens is 1. The molecule has 0 bridgehead atoms. The molecule has 6 N–H and O–H groups in total. The summed E-state index contributed by atoms with van der Waals surface area (Å²) in [7, 11) is 0. The minimum absolute atomic E-state index is 0.0926. The largest absolute Gasteiger partial charge is 0.384 e. The first-order chi connectivity index (χ1) is 16.8. The Morgan fingerprint density at radius 1 is 1.06 bits per heavy atom. The second kappa shape index (κ2) is 8.81. The molecule has 9 heteroatoms. The van der Waals surface area contributed by atoms with Gasteiger partial charge in [-0.3, -0.25) is 9.98 Å². The summed E-state index contributed by atoms with van der Waals surface area (Å²) in [5.74, 6) is 6.00. The van der Waals surface area contributed by atoms with Crippen molar-refractivity contribution in [1.29, 1.82) is 5.41 Å². The van der Waals surface area contributed by atoms with E-state index < -0.39 is 11.4 Å². The second-order valence-corrected chi connectivity index (χ2v) is 8.69. The molecule has 1 aliphatic carbocycles. The Hall–Kier alpha value is -4.29. The highest BCUT2D eigenvalue weighted by Gasteiger charge is 2.27. The summed E-state index contributed by atoms with van der Waals surface area (Å²) < 4.78 is 15.8. The maximum absolute atomic E-state index is 14.1. The van der Waals surface area contributed by atoms with Crippen LogP contribution in [0.25, 0.3) is 28.2 Å². The van der Waals surface area contributed by atoms with Crippen LogP contribution in [0, 0.1) is 23.1 Å². The molecular weight excluding hydrogens is 445 g/mol. The van der Waals surface area contributed by atoms with Crippen molar-refractivity contribution in [2.75, 3.05) is 5.73 Å². The van der Waals surface area contributed by atoms with Gasteiger partial charge in [0.15, 0.2) is 17.0 Å². The third-order valence-corrected chi connectivity index (χ3v) is 6.12. The van der Waals surface area contributed by atoms with Gasteiger partial charge in [0.05, 0.1) is 0 Å². The highest BCUT2D eigenvalue weighted by molar-refractivity contribution is 5.96. The van der Waals surface area contributed by atoms with Crippen molar-refractivity contribution in [3.05, 3.63) is 65.7 Å². The van der Waals surface area contributed by atoms with Gasteiger partial charge in [-0.1, -0.05) is 36.6 Å². The van der Waals surface area contributed by atoms with E-state index in [1.807, 2.05) is 6.07 Å². The van der Waals surface area contributed by atoms with Crippen molar-refractivity contribution in [3.8, 4) is 28.9 Å². The van der Waals surface area contributed by atoms with Gasteiger partial charge < -0.3 is 16.6 Å². The van der Waals surface area contributed by atoms with E-state index >= 15 is 0 Å². The number of nitrogens with two attached hydrogens (primary N) is 2. The minimum Gasteiger partial charge on any atom is -0.384 e. The molecule has 35 heavy (non-hydrogen) atoms. The van der Waals surface area contributed by atoms with Crippen molar-refractivity contribution in [3.63, 3.8) is 0 Å². The van der Waals surface area contributed by atoms with Crippen LogP contribution in [0.3, 0.4) is 0 Å². The average molecular weight is 470 g/mol. The number of rotatable bonds is 3. The molecule has 2 aromatic heterocycles. The van der Waals surface area contributed by atoms with E-state index in [0.717, 1.165) is 19.3 Å². The molecule has 8 nitrogen and oxygen atoms in total. The molecule has 2 aromatic carbocycles. The number of hydrogen-bond acceptors (Lipinski definition) is 6. The Morgan fingerprint density at radius 2 is 1.83 bits per heavy atom. The zero-order valence-electron chi connectivity index (χ0n) is 18.9. The minimum atomic E-state index is -1.06. The molecule has 1 fully saturated rings. The Balaban J connectivity index is 1.73. The van der Waals surface area contributed by atoms with E-state index in [1.54, 1.807) is 34.9 Å². The van der Waals surface area contributed by atoms with E-state index in [2.05, 4.69) is 26.8 Å². The fraction of sp³-hybridized carbons (Fsp3) is 0.231. The van der Waals surface area contributed by atoms with Crippen LogP contribution in [0.5, 0.6) is 0 Å². The number of nitrogen functional groups attached to an aromatic ring is 2. The summed E-state index contributed by atoms with van der Waals surface area (Å²) >= 11 is 0. The quantitative estimate of drug-likeness (QED) is 0.206. The summed E-state index contributed by atoms with van der Waals surface area (Å²) in [5, 5.41) is 18.6. The summed E-state index contributed by atoms with van der Waals surface area (Å²) in [6, 6.07) is 13.1. The number of nitrogens with zero attached hydrogens (tertiary/aromatic N) is 4. The molecule has 0 amide bonds. The lowest BCUT2D eigenvalue weighted by Crippen LogP contribution is -2.29. The van der Waals surface area contributed by atoms with Gasteiger partial charge in [-0.2, -0.15) is 0 Å². The zero-order chi connectivity index (χ0) is 24.6. The lowest BCUT2D eigenvalue weighted by Gasteiger charge is -2.26. The monoisotopic (exact) mass is 469 g/mol. The summed E-state index contributed by atoms with van der Waals surface area (Å²) in [4.78, 5) is 13.6. The van der Waals surface area contributed by atoms with Gasteiger partial charge in [0.1, 0.15) is 23.1 Å². The van der Waals surface area contributed by atoms with Crippen molar-refractivity contribution < 1.29 is 9.50 Å². The number of anilines is 1. The smallest absolute Gasteiger partial charge is 0.209 e. The van der Waals surface area contributed by atoms with Crippen molar-refractivity contribution in [1.82, 2.24) is 19.5 Å². The van der Waals surface area contributed by atoms with Gasteiger partial charge in [-0.25, -0.2) is 19.3 Å². The third kappa shape index (κ3) is 4.44. The average Bonchev–Trinajstić information content (AvgIpc) is 3.24. The van der Waals surface area contributed by atoms with E-state index in [4.69, 9.17) is 16.9 Å². The maximum Gasteiger partial charge on any atom is 0.209 e. The molecule has 0 radical (unpaired) electrons. The fourth-order valence-corrected chi connectivity index (χ4v) is 4.35.